The van der Waals surface area contributed by atoms with Crippen molar-refractivity contribution in [2.45, 2.75) is 16.2 Å². The highest BCUT2D eigenvalue weighted by Crippen LogP contribution is 2.14. The van der Waals surface area contributed by atoms with Crippen LogP contribution < -0.4 is 0 Å². The molecule has 2 aromatic rings. The zero-order chi connectivity index (χ0) is 14.6. The lowest BCUT2D eigenvalue weighted by molar-refractivity contribution is 0.601. The number of aryl methyl sites for hydroxylation is 1. The second-order valence-electron chi connectivity index (χ2n) is 4.53. The predicted molar refractivity (Wildman–Crippen MR) is 81.0 cm³/mol. The molecule has 0 radical (unpaired) electrons. The Kier molecular flexibility index (Phi) is 4.73. The van der Waals surface area contributed by atoms with Crippen LogP contribution in [-0.4, -0.2) is 24.6 Å². The Labute approximate surface area is 122 Å². The third-order valence-corrected chi connectivity index (χ3v) is 5.44. The van der Waals surface area contributed by atoms with Crippen LogP contribution in [0.2, 0.25) is 0 Å². The fourth-order valence-electron chi connectivity index (χ4n) is 1.81. The molecule has 0 fully saturated rings. The zero-order valence-electron chi connectivity index (χ0n) is 11.2. The monoisotopic (exact) mass is 308 g/mol. The van der Waals surface area contributed by atoms with E-state index in [0.29, 0.717) is 10.6 Å². The lowest BCUT2D eigenvalue weighted by Gasteiger charge is -2.04. The Balaban J connectivity index is 2.03. The van der Waals surface area contributed by atoms with E-state index in [1.807, 2.05) is 30.3 Å². The Hall–Kier alpha value is -1.46. The first-order chi connectivity index (χ1) is 9.47. The summed E-state index contributed by atoms with van der Waals surface area (Å²) in [6.45, 7) is 0. The molecule has 5 heteroatoms. The van der Waals surface area contributed by atoms with Gasteiger partial charge in [-0.25, -0.2) is 8.42 Å². The molecule has 0 unspecified atom stereocenters. The molecule has 0 aliphatic carbocycles. The maximum atomic E-state index is 12.1. The SMILES string of the molecule is CS(=O)(=O)c1ccc([S@](=O)CCc2ccccc2)cc1. The molecular weight excluding hydrogens is 292 g/mol. The van der Waals surface area contributed by atoms with Gasteiger partial charge in [0.25, 0.3) is 0 Å². The molecule has 0 saturated carbocycles. The molecular formula is C15H16O3S2. The van der Waals surface area contributed by atoms with Crippen LogP contribution in [0.1, 0.15) is 5.56 Å². The van der Waals surface area contributed by atoms with Gasteiger partial charge in [0.2, 0.25) is 0 Å². The van der Waals surface area contributed by atoms with Gasteiger partial charge in [0.1, 0.15) is 0 Å². The van der Waals surface area contributed by atoms with Crippen LogP contribution in [0.4, 0.5) is 0 Å². The van der Waals surface area contributed by atoms with E-state index in [2.05, 4.69) is 0 Å². The Morgan fingerprint density at radius 3 is 2.10 bits per heavy atom. The molecule has 0 aromatic heterocycles. The first-order valence-corrected chi connectivity index (χ1v) is 9.40. The molecule has 0 heterocycles. The highest BCUT2D eigenvalue weighted by molar-refractivity contribution is 7.90. The minimum atomic E-state index is -3.20. The van der Waals surface area contributed by atoms with Crippen LogP contribution in [0, 0.1) is 0 Å². The minimum Gasteiger partial charge on any atom is -0.254 e. The van der Waals surface area contributed by atoms with Crippen molar-refractivity contribution in [1.29, 1.82) is 0 Å². The summed E-state index contributed by atoms with van der Waals surface area (Å²) in [6, 6.07) is 16.1. The third kappa shape index (κ3) is 4.02. The van der Waals surface area contributed by atoms with Crippen molar-refractivity contribution in [3.63, 3.8) is 0 Å². The summed E-state index contributed by atoms with van der Waals surface area (Å²) in [5.74, 6) is 0.530. The van der Waals surface area contributed by atoms with Crippen molar-refractivity contribution in [3.05, 3.63) is 60.2 Å². The molecule has 3 nitrogen and oxygen atoms in total. The van der Waals surface area contributed by atoms with Gasteiger partial charge in [0.05, 0.1) is 15.7 Å². The molecule has 0 aliphatic rings. The van der Waals surface area contributed by atoms with Gasteiger partial charge in [-0.3, -0.25) is 4.21 Å². The van der Waals surface area contributed by atoms with E-state index in [1.165, 1.54) is 12.1 Å². The van der Waals surface area contributed by atoms with Crippen LogP contribution >= 0.6 is 0 Å². The molecule has 0 aliphatic heterocycles. The summed E-state index contributed by atoms with van der Waals surface area (Å²) >= 11 is 0. The topological polar surface area (TPSA) is 51.2 Å². The van der Waals surface area contributed by atoms with Crippen molar-refractivity contribution in [2.75, 3.05) is 12.0 Å². The van der Waals surface area contributed by atoms with Gasteiger partial charge in [0.15, 0.2) is 9.84 Å². The lowest BCUT2D eigenvalue weighted by Crippen LogP contribution is -2.03. The fourth-order valence-corrected chi connectivity index (χ4v) is 3.54. The second kappa shape index (κ2) is 6.33. The molecule has 0 spiro atoms. The average molecular weight is 308 g/mol. The smallest absolute Gasteiger partial charge is 0.175 e. The summed E-state index contributed by atoms with van der Waals surface area (Å²) in [5.41, 5.74) is 1.15. The maximum Gasteiger partial charge on any atom is 0.175 e. The van der Waals surface area contributed by atoms with Gasteiger partial charge in [-0.15, -0.1) is 0 Å². The second-order valence-corrected chi connectivity index (χ2v) is 8.12. The highest BCUT2D eigenvalue weighted by Gasteiger charge is 2.09. The van der Waals surface area contributed by atoms with Crippen LogP contribution in [0.5, 0.6) is 0 Å². The van der Waals surface area contributed by atoms with Crippen molar-refractivity contribution in [1.82, 2.24) is 0 Å². The molecule has 20 heavy (non-hydrogen) atoms. The van der Waals surface area contributed by atoms with E-state index in [4.69, 9.17) is 0 Å². The Morgan fingerprint density at radius 1 is 0.950 bits per heavy atom. The van der Waals surface area contributed by atoms with Crippen molar-refractivity contribution in [3.8, 4) is 0 Å². The van der Waals surface area contributed by atoms with Crippen LogP contribution in [0.3, 0.4) is 0 Å². The summed E-state index contributed by atoms with van der Waals surface area (Å²) < 4.78 is 34.8. The lowest BCUT2D eigenvalue weighted by atomic mass is 10.2. The number of rotatable bonds is 5. The molecule has 0 N–H and O–H groups in total. The van der Waals surface area contributed by atoms with Gasteiger partial charge in [-0.1, -0.05) is 30.3 Å². The largest absolute Gasteiger partial charge is 0.254 e. The van der Waals surface area contributed by atoms with E-state index in [-0.39, 0.29) is 4.90 Å². The Bertz CT molecular complexity index is 690. The van der Waals surface area contributed by atoms with Crippen molar-refractivity contribution in [2.24, 2.45) is 0 Å². The van der Waals surface area contributed by atoms with Crippen molar-refractivity contribution >= 4 is 20.6 Å². The molecule has 0 bridgehead atoms. The number of hydrogen-bond acceptors (Lipinski definition) is 3. The van der Waals surface area contributed by atoms with E-state index in [9.17, 15) is 12.6 Å². The predicted octanol–water partition coefficient (Wildman–Crippen LogP) is 2.44. The zero-order valence-corrected chi connectivity index (χ0v) is 12.8. The summed E-state index contributed by atoms with van der Waals surface area (Å²) in [6.07, 6.45) is 1.90. The summed E-state index contributed by atoms with van der Waals surface area (Å²) in [5, 5.41) is 0. The van der Waals surface area contributed by atoms with Crippen LogP contribution in [-0.2, 0) is 27.1 Å². The highest BCUT2D eigenvalue weighted by atomic mass is 32.2. The first-order valence-electron chi connectivity index (χ1n) is 6.19. The number of benzene rings is 2. The normalized spacial score (nSPS) is 13.1. The molecule has 2 rings (SSSR count). The van der Waals surface area contributed by atoms with E-state index in [1.54, 1.807) is 12.1 Å². The minimum absolute atomic E-state index is 0.251. The molecule has 2 aromatic carbocycles. The molecule has 106 valence electrons. The van der Waals surface area contributed by atoms with Crippen LogP contribution in [0.25, 0.3) is 0 Å². The van der Waals surface area contributed by atoms with Gasteiger partial charge < -0.3 is 0 Å². The summed E-state index contributed by atoms with van der Waals surface area (Å²) in [4.78, 5) is 0.912. The van der Waals surface area contributed by atoms with E-state index < -0.39 is 20.6 Å². The summed E-state index contributed by atoms with van der Waals surface area (Å²) in [7, 11) is -4.31. The average Bonchev–Trinajstić information content (AvgIpc) is 2.45. The molecule has 1 atom stereocenters. The van der Waals surface area contributed by atoms with Gasteiger partial charge in [-0.05, 0) is 36.2 Å². The first kappa shape index (κ1) is 14.9. The standard InChI is InChI=1S/C15H16O3S2/c1-20(17,18)15-9-7-14(8-10-15)19(16)12-11-13-5-3-2-4-6-13/h2-10H,11-12H2,1H3/t19-/m1/s1. The van der Waals surface area contributed by atoms with Gasteiger partial charge in [0, 0.05) is 16.9 Å². The van der Waals surface area contributed by atoms with Gasteiger partial charge in [-0.2, -0.15) is 0 Å². The van der Waals surface area contributed by atoms with E-state index >= 15 is 0 Å². The van der Waals surface area contributed by atoms with Crippen molar-refractivity contribution < 1.29 is 12.6 Å². The number of hydrogen-bond donors (Lipinski definition) is 0. The molecule has 0 saturated heterocycles. The third-order valence-electron chi connectivity index (χ3n) is 2.93. The fraction of sp³-hybridized carbons (Fsp3) is 0.200. The van der Waals surface area contributed by atoms with Gasteiger partial charge >= 0.3 is 0 Å². The van der Waals surface area contributed by atoms with Crippen LogP contribution in [0.15, 0.2) is 64.4 Å². The Morgan fingerprint density at radius 2 is 1.55 bits per heavy atom. The van der Waals surface area contributed by atoms with E-state index in [0.717, 1.165) is 18.2 Å². The number of sulfone groups is 1. The quantitative estimate of drug-likeness (QED) is 0.852. The maximum absolute atomic E-state index is 12.1. The molecule has 0 amide bonds.